The highest BCUT2D eigenvalue weighted by Crippen LogP contribution is 2.38. The molecule has 0 saturated heterocycles. The van der Waals surface area contributed by atoms with Crippen molar-refractivity contribution in [3.63, 3.8) is 0 Å². The summed E-state index contributed by atoms with van der Waals surface area (Å²) in [5.74, 6) is 1.24. The van der Waals surface area contributed by atoms with Crippen molar-refractivity contribution in [3.8, 4) is 5.75 Å². The lowest BCUT2D eigenvalue weighted by Crippen LogP contribution is -2.45. The van der Waals surface area contributed by atoms with Gasteiger partial charge in [0, 0.05) is 6.54 Å². The lowest BCUT2D eigenvalue weighted by Gasteiger charge is -2.36. The van der Waals surface area contributed by atoms with Gasteiger partial charge in [0.15, 0.2) is 0 Å². The lowest BCUT2D eigenvalue weighted by atomic mass is 10.1. The number of nitrogens with one attached hydrogen (secondary N) is 1. The number of carbonyl (C=O) groups excluding carboxylic acids is 1. The van der Waals surface area contributed by atoms with E-state index in [9.17, 15) is 4.79 Å². The molecule has 0 aliphatic carbocycles. The molecule has 1 atom stereocenters. The Morgan fingerprint density at radius 3 is 2.95 bits per heavy atom. The quantitative estimate of drug-likeness (QED) is 0.814. The van der Waals surface area contributed by atoms with E-state index in [2.05, 4.69) is 26.1 Å². The number of nitrogens with two attached hydrogens (primary N) is 1. The zero-order chi connectivity index (χ0) is 15.4. The zero-order valence-corrected chi connectivity index (χ0v) is 13.1. The van der Waals surface area contributed by atoms with Crippen LogP contribution in [-0.2, 0) is 4.79 Å². The van der Waals surface area contributed by atoms with E-state index in [0.29, 0.717) is 31.2 Å². The van der Waals surface area contributed by atoms with Crippen LogP contribution in [0.3, 0.4) is 0 Å². The van der Waals surface area contributed by atoms with E-state index in [1.165, 1.54) is 0 Å². The lowest BCUT2D eigenvalue weighted by molar-refractivity contribution is -0.120. The third-order valence-electron chi connectivity index (χ3n) is 3.56. The molecule has 0 radical (unpaired) electrons. The first-order chi connectivity index (χ1) is 10.0. The summed E-state index contributed by atoms with van der Waals surface area (Å²) in [7, 11) is 0. The Hall–Kier alpha value is -1.91. The van der Waals surface area contributed by atoms with Gasteiger partial charge in [-0.2, -0.15) is 0 Å². The largest absolute Gasteiger partial charge is 0.486 e. The van der Waals surface area contributed by atoms with Crippen molar-refractivity contribution in [2.75, 3.05) is 30.3 Å². The van der Waals surface area contributed by atoms with Gasteiger partial charge in [-0.15, -0.1) is 0 Å². The average Bonchev–Trinajstić information content (AvgIpc) is 2.44. The van der Waals surface area contributed by atoms with Crippen LogP contribution in [0.5, 0.6) is 5.75 Å². The second kappa shape index (κ2) is 6.70. The number of anilines is 2. The molecule has 0 fully saturated rings. The Kier molecular flexibility index (Phi) is 4.94. The van der Waals surface area contributed by atoms with Crippen LogP contribution in [0.15, 0.2) is 18.2 Å². The third kappa shape index (κ3) is 3.80. The molecule has 0 aromatic heterocycles. The fourth-order valence-corrected chi connectivity index (χ4v) is 2.43. The van der Waals surface area contributed by atoms with E-state index in [-0.39, 0.29) is 12.0 Å². The number of nitrogens with zero attached hydrogens (tertiary/aromatic N) is 1. The SMILES string of the molecule is CCC1CN(CC(=O)NCC(C)C)c2c(N)cccc2O1. The molecule has 1 heterocycles. The molecule has 3 N–H and O–H groups in total. The minimum absolute atomic E-state index is 0.0228. The number of ether oxygens (including phenoxy) is 1. The van der Waals surface area contributed by atoms with Gasteiger partial charge in [-0.1, -0.05) is 26.8 Å². The maximum absolute atomic E-state index is 12.1. The summed E-state index contributed by atoms with van der Waals surface area (Å²) >= 11 is 0. The number of fused-ring (bicyclic) bond motifs is 1. The Labute approximate surface area is 126 Å². The first-order valence-corrected chi connectivity index (χ1v) is 7.58. The summed E-state index contributed by atoms with van der Waals surface area (Å²) in [5.41, 5.74) is 7.55. The number of hydrogen-bond donors (Lipinski definition) is 2. The van der Waals surface area contributed by atoms with Gasteiger partial charge in [-0.25, -0.2) is 0 Å². The van der Waals surface area contributed by atoms with Crippen molar-refractivity contribution in [1.82, 2.24) is 5.32 Å². The highest BCUT2D eigenvalue weighted by molar-refractivity contribution is 5.85. The first kappa shape index (κ1) is 15.5. The van der Waals surface area contributed by atoms with E-state index in [4.69, 9.17) is 10.5 Å². The fourth-order valence-electron chi connectivity index (χ4n) is 2.43. The highest BCUT2D eigenvalue weighted by atomic mass is 16.5. The topological polar surface area (TPSA) is 67.6 Å². The van der Waals surface area contributed by atoms with Crippen LogP contribution < -0.4 is 20.7 Å². The van der Waals surface area contributed by atoms with Crippen molar-refractivity contribution in [3.05, 3.63) is 18.2 Å². The Morgan fingerprint density at radius 2 is 2.29 bits per heavy atom. The molecule has 5 heteroatoms. The number of nitrogen functional groups attached to an aromatic ring is 1. The molecule has 1 aromatic carbocycles. The maximum Gasteiger partial charge on any atom is 0.239 e. The van der Waals surface area contributed by atoms with Gasteiger partial charge in [0.25, 0.3) is 0 Å². The average molecular weight is 291 g/mol. The van der Waals surface area contributed by atoms with Crippen LogP contribution in [0.25, 0.3) is 0 Å². The van der Waals surface area contributed by atoms with Gasteiger partial charge in [0.05, 0.1) is 18.8 Å². The predicted octanol–water partition coefficient (Wildman–Crippen LogP) is 2.02. The second-order valence-corrected chi connectivity index (χ2v) is 5.92. The minimum Gasteiger partial charge on any atom is -0.486 e. The van der Waals surface area contributed by atoms with Gasteiger partial charge >= 0.3 is 0 Å². The van der Waals surface area contributed by atoms with Crippen molar-refractivity contribution in [2.24, 2.45) is 5.92 Å². The molecule has 21 heavy (non-hydrogen) atoms. The molecule has 5 nitrogen and oxygen atoms in total. The standard InChI is InChI=1S/C16H25N3O2/c1-4-12-9-19(10-15(20)18-8-11(2)3)16-13(17)6-5-7-14(16)21-12/h5-7,11-12H,4,8-10,17H2,1-3H3,(H,18,20). The molecule has 1 unspecified atom stereocenters. The molecule has 0 saturated carbocycles. The first-order valence-electron chi connectivity index (χ1n) is 7.58. The summed E-state index contributed by atoms with van der Waals surface area (Å²) in [6.07, 6.45) is 0.996. The molecule has 1 aromatic rings. The summed E-state index contributed by atoms with van der Waals surface area (Å²) in [4.78, 5) is 14.1. The number of hydrogen-bond acceptors (Lipinski definition) is 4. The van der Waals surface area contributed by atoms with E-state index in [0.717, 1.165) is 17.9 Å². The molecule has 2 rings (SSSR count). The van der Waals surface area contributed by atoms with E-state index in [1.807, 2.05) is 23.1 Å². The minimum atomic E-state index is 0.0228. The summed E-state index contributed by atoms with van der Waals surface area (Å²) < 4.78 is 5.92. The van der Waals surface area contributed by atoms with E-state index >= 15 is 0 Å². The van der Waals surface area contributed by atoms with Gasteiger partial charge in [0.2, 0.25) is 5.91 Å². The molecule has 116 valence electrons. The van der Waals surface area contributed by atoms with Gasteiger partial charge in [-0.05, 0) is 24.5 Å². The summed E-state index contributed by atoms with van der Waals surface area (Å²) in [6.45, 7) is 7.93. The monoisotopic (exact) mass is 291 g/mol. The van der Waals surface area contributed by atoms with E-state index in [1.54, 1.807) is 0 Å². The Balaban J connectivity index is 2.13. The summed E-state index contributed by atoms with van der Waals surface area (Å²) in [6, 6.07) is 5.63. The number of amides is 1. The molecule has 1 amide bonds. The Morgan fingerprint density at radius 1 is 1.52 bits per heavy atom. The van der Waals surface area contributed by atoms with Crippen LogP contribution in [0.4, 0.5) is 11.4 Å². The molecular weight excluding hydrogens is 266 g/mol. The number of benzene rings is 1. The van der Waals surface area contributed by atoms with Crippen molar-refractivity contribution in [2.45, 2.75) is 33.3 Å². The fraction of sp³-hybridized carbons (Fsp3) is 0.562. The van der Waals surface area contributed by atoms with Gasteiger partial charge in [0.1, 0.15) is 17.5 Å². The van der Waals surface area contributed by atoms with Crippen molar-refractivity contribution >= 4 is 17.3 Å². The summed E-state index contributed by atoms with van der Waals surface area (Å²) in [5, 5.41) is 2.95. The normalized spacial score (nSPS) is 17.3. The van der Waals surface area contributed by atoms with Crippen LogP contribution in [0.2, 0.25) is 0 Å². The van der Waals surface area contributed by atoms with Crippen molar-refractivity contribution in [1.29, 1.82) is 0 Å². The molecule has 1 aliphatic rings. The number of para-hydroxylation sites is 1. The molecule has 1 aliphatic heterocycles. The van der Waals surface area contributed by atoms with Gasteiger partial charge < -0.3 is 20.7 Å². The smallest absolute Gasteiger partial charge is 0.239 e. The van der Waals surface area contributed by atoms with Crippen LogP contribution in [-0.4, -0.2) is 31.6 Å². The van der Waals surface area contributed by atoms with Crippen LogP contribution in [0, 0.1) is 5.92 Å². The Bertz CT molecular complexity index is 502. The van der Waals surface area contributed by atoms with Crippen molar-refractivity contribution < 1.29 is 9.53 Å². The molecule has 0 spiro atoms. The molecular formula is C16H25N3O2. The highest BCUT2D eigenvalue weighted by Gasteiger charge is 2.27. The maximum atomic E-state index is 12.1. The van der Waals surface area contributed by atoms with Crippen LogP contribution >= 0.6 is 0 Å². The third-order valence-corrected chi connectivity index (χ3v) is 3.56. The second-order valence-electron chi connectivity index (χ2n) is 5.92. The molecule has 0 bridgehead atoms. The number of rotatable bonds is 5. The van der Waals surface area contributed by atoms with Gasteiger partial charge in [-0.3, -0.25) is 4.79 Å². The van der Waals surface area contributed by atoms with Crippen LogP contribution in [0.1, 0.15) is 27.2 Å². The predicted molar refractivity (Wildman–Crippen MR) is 85.6 cm³/mol. The number of carbonyl (C=O) groups is 1. The zero-order valence-electron chi connectivity index (χ0n) is 13.1. The van der Waals surface area contributed by atoms with E-state index < -0.39 is 0 Å².